The minimum absolute atomic E-state index is 0.155. The zero-order valence-electron chi connectivity index (χ0n) is 21.5. The van der Waals surface area contributed by atoms with Crippen molar-refractivity contribution >= 4 is 10.1 Å². The molecule has 0 radical (unpaired) electrons. The molecular formula is C28H48O3S. The Hall–Kier alpha value is -0.350. The van der Waals surface area contributed by atoms with E-state index in [0.29, 0.717) is 5.41 Å². The Kier molecular flexibility index (Phi) is 6.98. The van der Waals surface area contributed by atoms with Gasteiger partial charge in [0.1, 0.15) is 0 Å². The molecule has 0 aliphatic heterocycles. The molecule has 0 aromatic heterocycles. The predicted octanol–water partition coefficient (Wildman–Crippen LogP) is 7.37. The third kappa shape index (κ3) is 4.61. The van der Waals surface area contributed by atoms with Crippen LogP contribution < -0.4 is 0 Å². The van der Waals surface area contributed by atoms with Crippen LogP contribution in [0.1, 0.15) is 105 Å². The van der Waals surface area contributed by atoms with Crippen molar-refractivity contribution in [1.82, 2.24) is 0 Å². The molecule has 3 saturated carbocycles. The van der Waals surface area contributed by atoms with Gasteiger partial charge in [0, 0.05) is 0 Å². The first-order valence-corrected chi connectivity index (χ1v) is 15.3. The van der Waals surface area contributed by atoms with Gasteiger partial charge in [-0.2, -0.15) is 8.42 Å². The maximum atomic E-state index is 11.7. The van der Waals surface area contributed by atoms with Crippen LogP contribution >= 0.6 is 0 Å². The molecule has 4 rings (SSSR count). The standard InChI is InChI=1S/C28H48O3S/c1-19(2)8-7-9-20(3)24-12-13-25-23-11-10-21-18-22(31-32(6,29)30)14-16-27(21,4)26(23)15-17-28(24,25)5/h10,19-20,22-26H,7-9,11-18H2,1-6H3/t20-,22+,23+,24?,25+,26+,27+,28-/m1/s1. The fourth-order valence-corrected chi connectivity index (χ4v) is 9.64. The molecule has 0 saturated heterocycles. The van der Waals surface area contributed by atoms with Crippen LogP contribution in [0.4, 0.5) is 0 Å². The zero-order valence-corrected chi connectivity index (χ0v) is 22.3. The molecule has 0 aromatic carbocycles. The lowest BCUT2D eigenvalue weighted by Gasteiger charge is -2.58. The third-order valence-electron chi connectivity index (χ3n) is 10.6. The van der Waals surface area contributed by atoms with E-state index in [2.05, 4.69) is 40.7 Å². The number of allylic oxidation sites excluding steroid dienone is 1. The van der Waals surface area contributed by atoms with E-state index >= 15 is 0 Å². The quantitative estimate of drug-likeness (QED) is 0.292. The molecule has 0 aromatic rings. The van der Waals surface area contributed by atoms with E-state index in [1.807, 2.05) is 0 Å². The Morgan fingerprint density at radius 2 is 1.78 bits per heavy atom. The second-order valence-corrected chi connectivity index (χ2v) is 14.6. The fourth-order valence-electron chi connectivity index (χ4n) is 8.98. The summed E-state index contributed by atoms with van der Waals surface area (Å²) >= 11 is 0. The van der Waals surface area contributed by atoms with Crippen molar-refractivity contribution < 1.29 is 12.6 Å². The summed E-state index contributed by atoms with van der Waals surface area (Å²) in [4.78, 5) is 0. The smallest absolute Gasteiger partial charge is 0.264 e. The van der Waals surface area contributed by atoms with Gasteiger partial charge in [-0.3, -0.25) is 4.18 Å². The van der Waals surface area contributed by atoms with Crippen molar-refractivity contribution in [3.05, 3.63) is 11.6 Å². The van der Waals surface area contributed by atoms with Crippen LogP contribution in [-0.2, 0) is 14.3 Å². The van der Waals surface area contributed by atoms with E-state index in [9.17, 15) is 8.42 Å². The molecule has 8 atom stereocenters. The summed E-state index contributed by atoms with van der Waals surface area (Å²) in [5.74, 6) is 5.05. The third-order valence-corrected chi connectivity index (χ3v) is 11.2. The molecule has 0 N–H and O–H groups in total. The monoisotopic (exact) mass is 464 g/mol. The first-order valence-electron chi connectivity index (χ1n) is 13.5. The molecule has 0 amide bonds. The zero-order chi connectivity index (χ0) is 23.3. The van der Waals surface area contributed by atoms with Crippen LogP contribution in [0.5, 0.6) is 0 Å². The summed E-state index contributed by atoms with van der Waals surface area (Å²) in [5.41, 5.74) is 2.28. The molecular weight excluding hydrogens is 416 g/mol. The van der Waals surface area contributed by atoms with Gasteiger partial charge in [-0.1, -0.05) is 65.5 Å². The van der Waals surface area contributed by atoms with Gasteiger partial charge in [-0.15, -0.1) is 0 Å². The van der Waals surface area contributed by atoms with E-state index in [4.69, 9.17) is 4.18 Å². The molecule has 4 aliphatic carbocycles. The first kappa shape index (κ1) is 24.8. The highest BCUT2D eigenvalue weighted by Crippen LogP contribution is 2.67. The Bertz CT molecular complexity index is 815. The van der Waals surface area contributed by atoms with Crippen LogP contribution in [0.2, 0.25) is 0 Å². The number of fused-ring (bicyclic) bond motifs is 5. The van der Waals surface area contributed by atoms with E-state index in [0.717, 1.165) is 54.8 Å². The molecule has 4 heteroatoms. The summed E-state index contributed by atoms with van der Waals surface area (Å²) in [6.45, 7) is 12.4. The van der Waals surface area contributed by atoms with E-state index in [-0.39, 0.29) is 11.5 Å². The van der Waals surface area contributed by atoms with Crippen molar-refractivity contribution in [1.29, 1.82) is 0 Å². The first-order chi connectivity index (χ1) is 14.9. The summed E-state index contributed by atoms with van der Waals surface area (Å²) in [5, 5.41) is 0. The molecule has 0 bridgehead atoms. The summed E-state index contributed by atoms with van der Waals surface area (Å²) in [6, 6.07) is 0. The van der Waals surface area contributed by atoms with E-state index in [1.165, 1.54) is 63.2 Å². The van der Waals surface area contributed by atoms with Crippen LogP contribution in [0.3, 0.4) is 0 Å². The van der Waals surface area contributed by atoms with Gasteiger partial charge in [0.15, 0.2) is 0 Å². The van der Waals surface area contributed by atoms with Gasteiger partial charge in [-0.25, -0.2) is 0 Å². The average molecular weight is 465 g/mol. The summed E-state index contributed by atoms with van der Waals surface area (Å²) < 4.78 is 28.8. The molecule has 0 heterocycles. The fraction of sp³-hybridized carbons (Fsp3) is 0.929. The Labute approximate surface area is 198 Å². The van der Waals surface area contributed by atoms with Crippen molar-refractivity contribution in [3.8, 4) is 0 Å². The largest absolute Gasteiger partial charge is 0.267 e. The van der Waals surface area contributed by atoms with Crippen molar-refractivity contribution in [2.24, 2.45) is 46.3 Å². The van der Waals surface area contributed by atoms with Crippen LogP contribution in [0.15, 0.2) is 11.6 Å². The molecule has 184 valence electrons. The molecule has 1 unspecified atom stereocenters. The summed E-state index contributed by atoms with van der Waals surface area (Å²) in [6.07, 6.45) is 17.3. The molecule has 3 nitrogen and oxygen atoms in total. The lowest BCUT2D eigenvalue weighted by molar-refractivity contribution is -0.0556. The summed E-state index contributed by atoms with van der Waals surface area (Å²) in [7, 11) is -3.38. The lowest BCUT2D eigenvalue weighted by Crippen LogP contribution is -2.51. The molecule has 32 heavy (non-hydrogen) atoms. The second-order valence-electron chi connectivity index (χ2n) is 13.0. The normalized spacial score (nSPS) is 42.7. The predicted molar refractivity (Wildman–Crippen MR) is 133 cm³/mol. The van der Waals surface area contributed by atoms with E-state index < -0.39 is 10.1 Å². The molecule has 3 fully saturated rings. The Morgan fingerprint density at radius 1 is 1.03 bits per heavy atom. The molecule has 0 spiro atoms. The van der Waals surface area contributed by atoms with E-state index in [1.54, 1.807) is 0 Å². The lowest BCUT2D eigenvalue weighted by atomic mass is 9.47. The van der Waals surface area contributed by atoms with Crippen LogP contribution in [0.25, 0.3) is 0 Å². The Balaban J connectivity index is 1.47. The second kappa shape index (κ2) is 9.02. The number of hydrogen-bond acceptors (Lipinski definition) is 3. The van der Waals surface area contributed by atoms with Gasteiger partial charge in [0.05, 0.1) is 12.4 Å². The van der Waals surface area contributed by atoms with Crippen molar-refractivity contribution in [2.75, 3.05) is 6.26 Å². The number of hydrogen-bond donors (Lipinski definition) is 0. The highest BCUT2D eigenvalue weighted by Gasteiger charge is 2.59. The topological polar surface area (TPSA) is 43.4 Å². The maximum absolute atomic E-state index is 11.7. The van der Waals surface area contributed by atoms with Gasteiger partial charge >= 0.3 is 0 Å². The Morgan fingerprint density at radius 3 is 2.47 bits per heavy atom. The van der Waals surface area contributed by atoms with Crippen molar-refractivity contribution in [2.45, 2.75) is 111 Å². The van der Waals surface area contributed by atoms with Crippen LogP contribution in [-0.4, -0.2) is 20.8 Å². The van der Waals surface area contributed by atoms with Gasteiger partial charge in [-0.05, 0) is 97.7 Å². The number of rotatable bonds is 7. The van der Waals surface area contributed by atoms with Crippen molar-refractivity contribution in [3.63, 3.8) is 0 Å². The highest BCUT2D eigenvalue weighted by atomic mass is 32.2. The molecule has 4 aliphatic rings. The van der Waals surface area contributed by atoms with Gasteiger partial charge < -0.3 is 0 Å². The maximum Gasteiger partial charge on any atom is 0.264 e. The average Bonchev–Trinajstić information content (AvgIpc) is 3.04. The van der Waals surface area contributed by atoms with Crippen LogP contribution in [0, 0.1) is 46.3 Å². The minimum Gasteiger partial charge on any atom is -0.267 e. The van der Waals surface area contributed by atoms with Gasteiger partial charge in [0.2, 0.25) is 0 Å². The minimum atomic E-state index is -3.38. The highest BCUT2D eigenvalue weighted by molar-refractivity contribution is 7.86. The van der Waals surface area contributed by atoms with Gasteiger partial charge in [0.25, 0.3) is 10.1 Å². The SMILES string of the molecule is CC(C)CCC[C@@H](C)C1CC[C@H]2[C@@H]3CC=C4C[C@@H](OS(C)(=O)=O)CC[C@]4(C)[C@H]3CC[C@]12C.